The van der Waals surface area contributed by atoms with Gasteiger partial charge in [-0.15, -0.1) is 0 Å². The van der Waals surface area contributed by atoms with Crippen LogP contribution in [0.5, 0.6) is 5.75 Å². The van der Waals surface area contributed by atoms with E-state index in [-0.39, 0.29) is 12.6 Å². The lowest BCUT2D eigenvalue weighted by atomic mass is 10.1. The summed E-state index contributed by atoms with van der Waals surface area (Å²) in [5.41, 5.74) is 3.13. The zero-order valence-corrected chi connectivity index (χ0v) is 23.4. The maximum atomic E-state index is 6.55. The number of piperazine rings is 1. The summed E-state index contributed by atoms with van der Waals surface area (Å²) in [7, 11) is 0. The van der Waals surface area contributed by atoms with Crippen LogP contribution < -0.4 is 9.64 Å². The monoisotopic (exact) mass is 580 g/mol. The van der Waals surface area contributed by atoms with E-state index in [9.17, 15) is 0 Å². The van der Waals surface area contributed by atoms with Gasteiger partial charge < -0.3 is 19.1 Å². The molecular weight excluding hydrogens is 551 g/mol. The first-order valence-electron chi connectivity index (χ1n) is 13.3. The standard InChI is InChI=1S/C29H30Cl2N6O3/c30-23-3-8-27(28(31)14-23)29(19-37-21-33-20-34-37)39-18-26(40-29)17-38-25-6-4-24(5-7-25)36-12-10-35(11-13-36)16-22-2-1-9-32-15-22/h1-9,14-15,20-21,26H,10-13,16-19H2/t26-,29-/m1/s1. The molecule has 208 valence electrons. The number of pyridine rings is 1. The molecule has 0 unspecified atom stereocenters. The van der Waals surface area contributed by atoms with Gasteiger partial charge >= 0.3 is 0 Å². The molecule has 4 aromatic rings. The van der Waals surface area contributed by atoms with Crippen LogP contribution in [-0.4, -0.2) is 70.1 Å². The fraction of sp³-hybridized carbons (Fsp3) is 0.345. The number of anilines is 1. The van der Waals surface area contributed by atoms with Crippen molar-refractivity contribution in [1.82, 2.24) is 24.6 Å². The molecule has 2 aliphatic heterocycles. The number of ether oxygens (including phenoxy) is 3. The molecule has 11 heteroatoms. The summed E-state index contributed by atoms with van der Waals surface area (Å²) in [6.07, 6.45) is 6.54. The van der Waals surface area contributed by atoms with Gasteiger partial charge in [-0.2, -0.15) is 5.10 Å². The van der Waals surface area contributed by atoms with Crippen LogP contribution in [0.3, 0.4) is 0 Å². The number of hydrogen-bond donors (Lipinski definition) is 0. The van der Waals surface area contributed by atoms with Crippen molar-refractivity contribution < 1.29 is 14.2 Å². The van der Waals surface area contributed by atoms with Gasteiger partial charge in [0.1, 0.15) is 37.7 Å². The number of aromatic nitrogens is 4. The molecule has 2 fully saturated rings. The second-order valence-corrected chi connectivity index (χ2v) is 10.8. The van der Waals surface area contributed by atoms with Crippen LogP contribution in [0.1, 0.15) is 11.1 Å². The summed E-state index contributed by atoms with van der Waals surface area (Å²) in [6.45, 7) is 5.89. The van der Waals surface area contributed by atoms with Crippen LogP contribution in [0.25, 0.3) is 0 Å². The third-order valence-electron chi connectivity index (χ3n) is 7.18. The van der Waals surface area contributed by atoms with Crippen molar-refractivity contribution in [3.05, 3.63) is 101 Å². The zero-order valence-electron chi connectivity index (χ0n) is 21.9. The Kier molecular flexibility index (Phi) is 8.17. The van der Waals surface area contributed by atoms with Gasteiger partial charge in [0.25, 0.3) is 0 Å². The van der Waals surface area contributed by atoms with E-state index < -0.39 is 5.79 Å². The first-order valence-corrected chi connectivity index (χ1v) is 14.0. The van der Waals surface area contributed by atoms with Crippen molar-refractivity contribution in [3.8, 4) is 5.75 Å². The smallest absolute Gasteiger partial charge is 0.217 e. The lowest BCUT2D eigenvalue weighted by Gasteiger charge is -2.36. The number of nitrogens with zero attached hydrogens (tertiary/aromatic N) is 6. The minimum atomic E-state index is -1.13. The summed E-state index contributed by atoms with van der Waals surface area (Å²) < 4.78 is 20.4. The molecule has 0 radical (unpaired) electrons. The average molecular weight is 582 g/mol. The van der Waals surface area contributed by atoms with Crippen LogP contribution in [0.15, 0.2) is 79.6 Å². The van der Waals surface area contributed by atoms with Gasteiger partial charge in [-0.3, -0.25) is 9.88 Å². The summed E-state index contributed by atoms with van der Waals surface area (Å²) in [5, 5.41) is 5.22. The van der Waals surface area contributed by atoms with E-state index in [1.165, 1.54) is 17.6 Å². The van der Waals surface area contributed by atoms with E-state index in [2.05, 4.69) is 43.1 Å². The van der Waals surface area contributed by atoms with Gasteiger partial charge in [-0.25, -0.2) is 9.67 Å². The molecule has 0 N–H and O–H groups in total. The SMILES string of the molecule is Clc1ccc([C@]2(Cn3cncn3)OC[C@@H](COc3ccc(N4CCN(Cc5cccnc5)CC4)cc3)O2)c(Cl)c1. The third kappa shape index (κ3) is 6.24. The van der Waals surface area contributed by atoms with Gasteiger partial charge in [0.2, 0.25) is 5.79 Å². The van der Waals surface area contributed by atoms with Gasteiger partial charge in [0.15, 0.2) is 0 Å². The lowest BCUT2D eigenvalue weighted by Crippen LogP contribution is -2.45. The third-order valence-corrected chi connectivity index (χ3v) is 7.72. The lowest BCUT2D eigenvalue weighted by molar-refractivity contribution is -0.190. The van der Waals surface area contributed by atoms with E-state index >= 15 is 0 Å². The fourth-order valence-electron chi connectivity index (χ4n) is 5.14. The Morgan fingerprint density at radius 1 is 1.00 bits per heavy atom. The molecule has 40 heavy (non-hydrogen) atoms. The minimum Gasteiger partial charge on any atom is -0.491 e. The Balaban J connectivity index is 1.04. The summed E-state index contributed by atoms with van der Waals surface area (Å²) in [6, 6.07) is 17.6. The topological polar surface area (TPSA) is 77.8 Å². The highest BCUT2D eigenvalue weighted by Crippen LogP contribution is 2.40. The minimum absolute atomic E-state index is 0.287. The second-order valence-electron chi connectivity index (χ2n) is 9.95. The average Bonchev–Trinajstić information content (AvgIpc) is 3.64. The van der Waals surface area contributed by atoms with E-state index in [0.29, 0.717) is 28.8 Å². The fourth-order valence-corrected chi connectivity index (χ4v) is 5.69. The molecule has 0 saturated carbocycles. The van der Waals surface area contributed by atoms with E-state index in [4.69, 9.17) is 37.4 Å². The number of halogens is 2. The molecule has 2 aromatic heterocycles. The van der Waals surface area contributed by atoms with E-state index in [1.807, 2.05) is 36.7 Å². The van der Waals surface area contributed by atoms with Gasteiger partial charge in [0.05, 0.1) is 11.6 Å². The van der Waals surface area contributed by atoms with Crippen LogP contribution in [0.2, 0.25) is 10.0 Å². The molecule has 6 rings (SSSR count). The van der Waals surface area contributed by atoms with Crippen LogP contribution in [-0.2, 0) is 28.4 Å². The highest BCUT2D eigenvalue weighted by molar-refractivity contribution is 6.35. The predicted molar refractivity (Wildman–Crippen MR) is 153 cm³/mol. The van der Waals surface area contributed by atoms with E-state index in [1.54, 1.807) is 23.1 Å². The van der Waals surface area contributed by atoms with Crippen molar-refractivity contribution in [2.75, 3.05) is 44.3 Å². The Morgan fingerprint density at radius 2 is 1.85 bits per heavy atom. The number of rotatable bonds is 9. The highest BCUT2D eigenvalue weighted by Gasteiger charge is 2.45. The molecule has 4 heterocycles. The first-order chi connectivity index (χ1) is 19.6. The quantitative estimate of drug-likeness (QED) is 0.283. The van der Waals surface area contributed by atoms with E-state index in [0.717, 1.165) is 38.5 Å². The zero-order chi connectivity index (χ0) is 27.4. The Hall–Kier alpha value is -3.21. The van der Waals surface area contributed by atoms with Gasteiger partial charge in [0, 0.05) is 61.4 Å². The molecule has 0 spiro atoms. The van der Waals surface area contributed by atoms with Crippen molar-refractivity contribution in [2.45, 2.75) is 25.0 Å². The van der Waals surface area contributed by atoms with Crippen molar-refractivity contribution >= 4 is 28.9 Å². The summed E-state index contributed by atoms with van der Waals surface area (Å²) >= 11 is 12.7. The predicted octanol–water partition coefficient (Wildman–Crippen LogP) is 4.65. The molecule has 9 nitrogen and oxygen atoms in total. The first kappa shape index (κ1) is 27.0. The van der Waals surface area contributed by atoms with Crippen molar-refractivity contribution in [2.24, 2.45) is 0 Å². The van der Waals surface area contributed by atoms with Crippen LogP contribution in [0, 0.1) is 0 Å². The number of hydrogen-bond acceptors (Lipinski definition) is 8. The molecular formula is C29H30Cl2N6O3. The Bertz CT molecular complexity index is 1380. The number of benzene rings is 2. The Labute approximate surface area is 243 Å². The molecule has 2 aromatic carbocycles. The largest absolute Gasteiger partial charge is 0.491 e. The molecule has 0 bridgehead atoms. The van der Waals surface area contributed by atoms with Crippen molar-refractivity contribution in [3.63, 3.8) is 0 Å². The highest BCUT2D eigenvalue weighted by atomic mass is 35.5. The molecule has 0 amide bonds. The van der Waals surface area contributed by atoms with Crippen molar-refractivity contribution in [1.29, 1.82) is 0 Å². The molecule has 0 aliphatic carbocycles. The van der Waals surface area contributed by atoms with Gasteiger partial charge in [-0.1, -0.05) is 35.3 Å². The maximum Gasteiger partial charge on any atom is 0.217 e. The van der Waals surface area contributed by atoms with Gasteiger partial charge in [-0.05, 0) is 48.0 Å². The molecule has 2 saturated heterocycles. The summed E-state index contributed by atoms with van der Waals surface area (Å²) in [4.78, 5) is 13.1. The van der Waals surface area contributed by atoms with Crippen LogP contribution in [0.4, 0.5) is 5.69 Å². The van der Waals surface area contributed by atoms with Crippen LogP contribution >= 0.6 is 23.2 Å². The normalized spacial score (nSPS) is 21.6. The Morgan fingerprint density at radius 3 is 2.58 bits per heavy atom. The maximum absolute atomic E-state index is 6.55. The molecule has 2 atom stereocenters. The summed E-state index contributed by atoms with van der Waals surface area (Å²) in [5.74, 6) is -0.354. The molecule has 2 aliphatic rings. The second kappa shape index (κ2) is 12.1.